The van der Waals surface area contributed by atoms with Gasteiger partial charge >= 0.3 is 0 Å². The minimum Gasteiger partial charge on any atom is -0.350 e. The molecule has 0 radical (unpaired) electrons. The number of hydrogen-bond donors (Lipinski definition) is 2. The standard InChI is InChI=1S/C34H48N2O4/c1-27-18-12-8-6-4-2-3-5-7-9-17-23-34(24-27)39-30(32(37)35-25-28-19-13-10-14-20-28)31(40-34)33(38)36-26-29-21-15-11-16-22-29/h10-11,13-16,19-22,27,30-31H,2-9,12,17-18,23-26H2,1H3,(H,35,37)(H,36,38)/t27?,30-,31-/m1/s1. The quantitative estimate of drug-likeness (QED) is 0.415. The number of carbonyl (C=O) groups excluding carboxylic acids is 2. The van der Waals surface area contributed by atoms with Crippen LogP contribution in [0.3, 0.4) is 0 Å². The molecular weight excluding hydrogens is 500 g/mol. The second-order valence-corrected chi connectivity index (χ2v) is 11.8. The Hall–Kier alpha value is -2.70. The minimum atomic E-state index is -0.992. The van der Waals surface area contributed by atoms with Crippen LogP contribution in [-0.4, -0.2) is 29.8 Å². The molecule has 2 fully saturated rings. The van der Waals surface area contributed by atoms with Crippen molar-refractivity contribution in [1.29, 1.82) is 0 Å². The lowest BCUT2D eigenvalue weighted by molar-refractivity contribution is -0.195. The average Bonchev–Trinajstić information content (AvgIpc) is 3.35. The molecule has 1 saturated heterocycles. The predicted molar refractivity (Wildman–Crippen MR) is 158 cm³/mol. The molecule has 40 heavy (non-hydrogen) atoms. The molecule has 218 valence electrons. The first-order valence-electron chi connectivity index (χ1n) is 15.5. The lowest BCUT2D eigenvalue weighted by Gasteiger charge is -2.31. The summed E-state index contributed by atoms with van der Waals surface area (Å²) in [5.74, 6) is -1.15. The molecule has 2 N–H and O–H groups in total. The van der Waals surface area contributed by atoms with Gasteiger partial charge in [0.15, 0.2) is 18.0 Å². The van der Waals surface area contributed by atoms with E-state index in [1.165, 1.54) is 51.4 Å². The number of amides is 2. The second-order valence-electron chi connectivity index (χ2n) is 11.8. The van der Waals surface area contributed by atoms with Gasteiger partial charge in [-0.15, -0.1) is 0 Å². The van der Waals surface area contributed by atoms with Crippen LogP contribution in [0.25, 0.3) is 0 Å². The van der Waals surface area contributed by atoms with Crippen molar-refractivity contribution in [2.45, 2.75) is 121 Å². The van der Waals surface area contributed by atoms with Gasteiger partial charge < -0.3 is 20.1 Å². The van der Waals surface area contributed by atoms with Gasteiger partial charge in [0, 0.05) is 25.9 Å². The zero-order valence-corrected chi connectivity index (χ0v) is 24.2. The summed E-state index contributed by atoms with van der Waals surface area (Å²) < 4.78 is 13.2. The molecule has 1 aliphatic heterocycles. The molecule has 2 aromatic rings. The maximum Gasteiger partial charge on any atom is 0.252 e. The fraction of sp³-hybridized carbons (Fsp3) is 0.588. The first-order chi connectivity index (χ1) is 19.5. The fourth-order valence-electron chi connectivity index (χ4n) is 6.02. The van der Waals surface area contributed by atoms with E-state index in [1.807, 2.05) is 60.7 Å². The Morgan fingerprint density at radius 2 is 1.10 bits per heavy atom. The molecule has 2 aromatic carbocycles. The van der Waals surface area contributed by atoms with Gasteiger partial charge in [0.2, 0.25) is 0 Å². The number of ether oxygens (including phenoxy) is 2. The van der Waals surface area contributed by atoms with E-state index < -0.39 is 18.0 Å². The van der Waals surface area contributed by atoms with E-state index in [2.05, 4.69) is 17.6 Å². The molecule has 1 aliphatic carbocycles. The van der Waals surface area contributed by atoms with Crippen molar-refractivity contribution in [3.05, 3.63) is 71.8 Å². The third-order valence-electron chi connectivity index (χ3n) is 8.26. The summed E-state index contributed by atoms with van der Waals surface area (Å²) in [6.07, 6.45) is 12.8. The first kappa shape index (κ1) is 30.3. The number of rotatable bonds is 6. The highest BCUT2D eigenvalue weighted by molar-refractivity contribution is 5.91. The Balaban J connectivity index is 1.49. The molecule has 3 atom stereocenters. The van der Waals surface area contributed by atoms with Gasteiger partial charge in [-0.25, -0.2) is 0 Å². The largest absolute Gasteiger partial charge is 0.350 e. The van der Waals surface area contributed by atoms with Crippen LogP contribution >= 0.6 is 0 Å². The van der Waals surface area contributed by atoms with E-state index in [-0.39, 0.29) is 11.8 Å². The summed E-state index contributed by atoms with van der Waals surface area (Å²) in [4.78, 5) is 27.0. The first-order valence-corrected chi connectivity index (χ1v) is 15.5. The molecule has 2 aliphatic rings. The third kappa shape index (κ3) is 9.45. The summed E-state index contributed by atoms with van der Waals surface area (Å²) in [5, 5.41) is 6.00. The zero-order chi connectivity index (χ0) is 28.0. The molecule has 1 heterocycles. The highest BCUT2D eigenvalue weighted by atomic mass is 16.8. The van der Waals surface area contributed by atoms with Crippen molar-refractivity contribution in [2.75, 3.05) is 0 Å². The van der Waals surface area contributed by atoms with Gasteiger partial charge in [0.1, 0.15) is 0 Å². The van der Waals surface area contributed by atoms with Gasteiger partial charge in [0.05, 0.1) is 0 Å². The zero-order valence-electron chi connectivity index (χ0n) is 24.2. The van der Waals surface area contributed by atoms with Gasteiger partial charge in [0.25, 0.3) is 11.8 Å². The van der Waals surface area contributed by atoms with E-state index in [1.54, 1.807) is 0 Å². The van der Waals surface area contributed by atoms with E-state index in [0.29, 0.717) is 31.8 Å². The van der Waals surface area contributed by atoms with Crippen LogP contribution in [0.15, 0.2) is 60.7 Å². The van der Waals surface area contributed by atoms with Crippen molar-refractivity contribution in [2.24, 2.45) is 5.92 Å². The molecule has 1 spiro atoms. The topological polar surface area (TPSA) is 76.7 Å². The van der Waals surface area contributed by atoms with Gasteiger partial charge in [-0.3, -0.25) is 9.59 Å². The van der Waals surface area contributed by atoms with Crippen LogP contribution in [-0.2, 0) is 32.2 Å². The monoisotopic (exact) mass is 548 g/mol. The van der Waals surface area contributed by atoms with E-state index in [4.69, 9.17) is 9.47 Å². The van der Waals surface area contributed by atoms with E-state index in [9.17, 15) is 9.59 Å². The number of nitrogens with one attached hydrogen (secondary N) is 2. The summed E-state index contributed by atoms with van der Waals surface area (Å²) >= 11 is 0. The van der Waals surface area contributed by atoms with Gasteiger partial charge in [-0.2, -0.15) is 0 Å². The van der Waals surface area contributed by atoms with Crippen LogP contribution in [0.4, 0.5) is 0 Å². The Morgan fingerprint density at radius 3 is 1.57 bits per heavy atom. The van der Waals surface area contributed by atoms with Gasteiger partial charge in [-0.1, -0.05) is 132 Å². The molecule has 0 aromatic heterocycles. The summed E-state index contributed by atoms with van der Waals surface area (Å²) in [7, 11) is 0. The van der Waals surface area contributed by atoms with Crippen molar-refractivity contribution in [1.82, 2.24) is 10.6 Å². The Labute approximate surface area is 240 Å². The molecule has 1 saturated carbocycles. The Morgan fingerprint density at radius 1 is 0.675 bits per heavy atom. The molecular formula is C34H48N2O4. The van der Waals surface area contributed by atoms with Crippen LogP contribution in [0, 0.1) is 5.92 Å². The molecule has 1 unspecified atom stereocenters. The Kier molecular flexibility index (Phi) is 12.0. The smallest absolute Gasteiger partial charge is 0.252 e. The van der Waals surface area contributed by atoms with E-state index in [0.717, 1.165) is 30.4 Å². The fourth-order valence-corrected chi connectivity index (χ4v) is 6.02. The lowest BCUT2D eigenvalue weighted by Crippen LogP contribution is -2.47. The van der Waals surface area contributed by atoms with Crippen LogP contribution < -0.4 is 10.6 Å². The number of hydrogen-bond acceptors (Lipinski definition) is 4. The number of carbonyl (C=O) groups is 2. The summed E-state index contributed by atoms with van der Waals surface area (Å²) in [5.41, 5.74) is 1.99. The predicted octanol–water partition coefficient (Wildman–Crippen LogP) is 6.82. The molecule has 4 rings (SSSR count). The molecule has 2 amide bonds. The number of benzene rings is 2. The second kappa shape index (κ2) is 15.9. The molecule has 6 nitrogen and oxygen atoms in total. The van der Waals surface area contributed by atoms with Crippen molar-refractivity contribution in [3.8, 4) is 0 Å². The maximum atomic E-state index is 13.5. The van der Waals surface area contributed by atoms with Crippen LogP contribution in [0.1, 0.15) is 102 Å². The van der Waals surface area contributed by atoms with Gasteiger partial charge in [-0.05, 0) is 23.5 Å². The minimum absolute atomic E-state index is 0.302. The highest BCUT2D eigenvalue weighted by Gasteiger charge is 2.53. The maximum absolute atomic E-state index is 13.5. The third-order valence-corrected chi connectivity index (χ3v) is 8.26. The van der Waals surface area contributed by atoms with E-state index >= 15 is 0 Å². The summed E-state index contributed by atoms with van der Waals surface area (Å²) in [6.45, 7) is 3.00. The highest BCUT2D eigenvalue weighted by Crippen LogP contribution is 2.40. The lowest BCUT2D eigenvalue weighted by atomic mass is 9.92. The van der Waals surface area contributed by atoms with Crippen LogP contribution in [0.5, 0.6) is 0 Å². The van der Waals surface area contributed by atoms with Crippen molar-refractivity contribution in [3.63, 3.8) is 0 Å². The summed E-state index contributed by atoms with van der Waals surface area (Å²) in [6, 6.07) is 19.6. The average molecular weight is 549 g/mol. The molecule has 0 bridgehead atoms. The Bertz CT molecular complexity index is 965. The molecule has 6 heteroatoms. The van der Waals surface area contributed by atoms with Crippen LogP contribution in [0.2, 0.25) is 0 Å². The van der Waals surface area contributed by atoms with Crippen molar-refractivity contribution < 1.29 is 19.1 Å². The van der Waals surface area contributed by atoms with Crippen molar-refractivity contribution >= 4 is 11.8 Å². The normalized spacial score (nSPS) is 24.5. The SMILES string of the molecule is CC1CCCCCCCCCCCCC2(C1)O[C@@H](C(=O)NCc1ccccc1)[C@H](C(=O)NCc1ccccc1)O2.